The van der Waals surface area contributed by atoms with E-state index in [2.05, 4.69) is 16.6 Å². The lowest BCUT2D eigenvalue weighted by Gasteiger charge is -2.07. The van der Waals surface area contributed by atoms with Gasteiger partial charge < -0.3 is 4.74 Å². The molecule has 8 heteroatoms. The average Bonchev–Trinajstić information content (AvgIpc) is 2.78. The second-order valence-corrected chi connectivity index (χ2v) is 6.11. The van der Waals surface area contributed by atoms with E-state index < -0.39 is 10.8 Å². The largest absolute Gasteiger partial charge is 0.484 e. The van der Waals surface area contributed by atoms with Gasteiger partial charge in [-0.1, -0.05) is 36.4 Å². The van der Waals surface area contributed by atoms with Gasteiger partial charge >= 0.3 is 0 Å². The van der Waals surface area contributed by atoms with Gasteiger partial charge in [0.15, 0.2) is 6.61 Å². The van der Waals surface area contributed by atoms with E-state index in [1.165, 1.54) is 18.3 Å². The first-order valence-corrected chi connectivity index (χ1v) is 8.85. The Morgan fingerprint density at radius 2 is 1.70 bits per heavy atom. The Kier molecular flexibility index (Phi) is 6.48. The predicted molar refractivity (Wildman–Crippen MR) is 111 cm³/mol. The molecule has 0 saturated heterocycles. The summed E-state index contributed by atoms with van der Waals surface area (Å²) in [7, 11) is 0. The molecule has 1 N–H and O–H groups in total. The normalized spacial score (nSPS) is 10.4. The van der Waals surface area contributed by atoms with E-state index in [-0.39, 0.29) is 17.9 Å². The van der Waals surface area contributed by atoms with Gasteiger partial charge in [-0.05, 0) is 41.5 Å². The molecule has 3 aromatic rings. The third kappa shape index (κ3) is 5.27. The first kappa shape index (κ1) is 20.2. The number of nitro groups is 1. The van der Waals surface area contributed by atoms with Gasteiger partial charge in [-0.3, -0.25) is 14.9 Å². The maximum absolute atomic E-state index is 11.9. The standard InChI is InChI=1S/C22H16N4O4/c23-13-16-5-7-17(8-6-16)18-9-11-20(12-10-18)30-15-22(27)25-24-14-19-3-1-2-4-21(19)26(28)29/h1-12,14H,15H2,(H,25,27)/b24-14+. The Labute approximate surface area is 172 Å². The molecule has 0 aliphatic heterocycles. The van der Waals surface area contributed by atoms with Crippen molar-refractivity contribution in [1.82, 2.24) is 5.43 Å². The van der Waals surface area contributed by atoms with Crippen LogP contribution in [0.25, 0.3) is 11.1 Å². The number of nitro benzene ring substituents is 1. The van der Waals surface area contributed by atoms with E-state index in [1.54, 1.807) is 36.4 Å². The first-order valence-electron chi connectivity index (χ1n) is 8.85. The van der Waals surface area contributed by atoms with E-state index in [0.717, 1.165) is 11.1 Å². The molecule has 0 aromatic heterocycles. The first-order chi connectivity index (χ1) is 14.6. The smallest absolute Gasteiger partial charge is 0.278 e. The van der Waals surface area contributed by atoms with Crippen molar-refractivity contribution in [3.63, 3.8) is 0 Å². The highest BCUT2D eigenvalue weighted by atomic mass is 16.6. The van der Waals surface area contributed by atoms with Crippen LogP contribution in [-0.4, -0.2) is 23.7 Å². The molecule has 0 saturated carbocycles. The molecule has 8 nitrogen and oxygen atoms in total. The molecule has 0 fully saturated rings. The minimum atomic E-state index is -0.520. The number of nitriles is 1. The van der Waals surface area contributed by atoms with Crippen molar-refractivity contribution >= 4 is 17.8 Å². The van der Waals surface area contributed by atoms with E-state index in [4.69, 9.17) is 10.00 Å². The minimum absolute atomic E-state index is 0.103. The molecule has 3 rings (SSSR count). The zero-order valence-electron chi connectivity index (χ0n) is 15.7. The highest BCUT2D eigenvalue weighted by Crippen LogP contribution is 2.22. The molecule has 148 valence electrons. The van der Waals surface area contributed by atoms with Crippen molar-refractivity contribution in [1.29, 1.82) is 5.26 Å². The molecule has 3 aromatic carbocycles. The number of nitrogens with one attached hydrogen (secondary N) is 1. The molecule has 1 amide bonds. The Balaban J connectivity index is 1.52. The van der Waals surface area contributed by atoms with E-state index in [9.17, 15) is 14.9 Å². The van der Waals surface area contributed by atoms with E-state index in [1.807, 2.05) is 24.3 Å². The van der Waals surface area contributed by atoms with Crippen molar-refractivity contribution in [3.8, 4) is 22.9 Å². The molecule has 0 bridgehead atoms. The van der Waals surface area contributed by atoms with Crippen LogP contribution in [0.4, 0.5) is 5.69 Å². The van der Waals surface area contributed by atoms with Crippen LogP contribution in [-0.2, 0) is 4.79 Å². The molecular weight excluding hydrogens is 384 g/mol. The van der Waals surface area contributed by atoms with Gasteiger partial charge in [-0.15, -0.1) is 0 Å². The molecule has 0 atom stereocenters. The molecule has 0 heterocycles. The molecule has 0 radical (unpaired) electrons. The Morgan fingerprint density at radius 1 is 1.07 bits per heavy atom. The SMILES string of the molecule is N#Cc1ccc(-c2ccc(OCC(=O)N/N=C/c3ccccc3[N+](=O)[O-])cc2)cc1. The van der Waals surface area contributed by atoms with Crippen LogP contribution in [0.3, 0.4) is 0 Å². The minimum Gasteiger partial charge on any atom is -0.484 e. The molecule has 0 aliphatic rings. The highest BCUT2D eigenvalue weighted by Gasteiger charge is 2.10. The molecule has 0 unspecified atom stereocenters. The number of amides is 1. The maximum atomic E-state index is 11.9. The van der Waals surface area contributed by atoms with Crippen LogP contribution in [0.5, 0.6) is 5.75 Å². The third-order valence-corrected chi connectivity index (χ3v) is 4.10. The van der Waals surface area contributed by atoms with Crippen LogP contribution in [0, 0.1) is 21.4 Å². The van der Waals surface area contributed by atoms with Crippen LogP contribution < -0.4 is 10.2 Å². The number of hydrazone groups is 1. The Hall–Kier alpha value is -4.51. The number of ether oxygens (including phenoxy) is 1. The zero-order chi connectivity index (χ0) is 21.3. The van der Waals surface area contributed by atoms with Crippen LogP contribution >= 0.6 is 0 Å². The van der Waals surface area contributed by atoms with E-state index >= 15 is 0 Å². The number of carbonyl (C=O) groups is 1. The van der Waals surface area contributed by atoms with Crippen molar-refractivity contribution in [2.24, 2.45) is 5.10 Å². The lowest BCUT2D eigenvalue weighted by Crippen LogP contribution is -2.24. The lowest BCUT2D eigenvalue weighted by atomic mass is 10.0. The van der Waals surface area contributed by atoms with E-state index in [0.29, 0.717) is 11.3 Å². The number of rotatable bonds is 7. The summed E-state index contributed by atoms with van der Waals surface area (Å²) in [5.41, 5.74) is 4.95. The second-order valence-electron chi connectivity index (χ2n) is 6.11. The summed E-state index contributed by atoms with van der Waals surface area (Å²) < 4.78 is 5.42. The summed E-state index contributed by atoms with van der Waals surface area (Å²) in [5, 5.41) is 23.5. The van der Waals surface area contributed by atoms with Crippen molar-refractivity contribution in [2.75, 3.05) is 6.61 Å². The van der Waals surface area contributed by atoms with Gasteiger partial charge in [-0.2, -0.15) is 10.4 Å². The summed E-state index contributed by atoms with van der Waals surface area (Å²) in [6.07, 6.45) is 1.21. The Bertz CT molecular complexity index is 1120. The zero-order valence-corrected chi connectivity index (χ0v) is 15.7. The number of benzene rings is 3. The predicted octanol–water partition coefficient (Wildman–Crippen LogP) is 3.66. The second kappa shape index (κ2) is 9.61. The third-order valence-electron chi connectivity index (χ3n) is 4.10. The average molecular weight is 400 g/mol. The fraction of sp³-hybridized carbons (Fsp3) is 0.0455. The summed E-state index contributed by atoms with van der Waals surface area (Å²) in [5.74, 6) is 0.00576. The molecule has 30 heavy (non-hydrogen) atoms. The summed E-state index contributed by atoms with van der Waals surface area (Å²) in [6, 6.07) is 22.5. The van der Waals surface area contributed by atoms with Gasteiger partial charge in [0.2, 0.25) is 0 Å². The molecule has 0 spiro atoms. The lowest BCUT2D eigenvalue weighted by molar-refractivity contribution is -0.385. The summed E-state index contributed by atoms with van der Waals surface area (Å²) in [4.78, 5) is 22.3. The number of hydrogen-bond acceptors (Lipinski definition) is 6. The monoisotopic (exact) mass is 400 g/mol. The molecule has 0 aliphatic carbocycles. The van der Waals surface area contributed by atoms with Gasteiger partial charge in [0.1, 0.15) is 5.75 Å². The van der Waals surface area contributed by atoms with Crippen LogP contribution in [0.1, 0.15) is 11.1 Å². The summed E-state index contributed by atoms with van der Waals surface area (Å²) in [6.45, 7) is -0.259. The maximum Gasteiger partial charge on any atom is 0.278 e. The van der Waals surface area contributed by atoms with Gasteiger partial charge in [-0.25, -0.2) is 5.43 Å². The number of para-hydroxylation sites is 1. The van der Waals surface area contributed by atoms with Crippen LogP contribution in [0.2, 0.25) is 0 Å². The van der Waals surface area contributed by atoms with Crippen LogP contribution in [0.15, 0.2) is 77.9 Å². The van der Waals surface area contributed by atoms with Gasteiger partial charge in [0, 0.05) is 6.07 Å². The van der Waals surface area contributed by atoms with Gasteiger partial charge in [0.25, 0.3) is 11.6 Å². The quantitative estimate of drug-likeness (QED) is 0.369. The fourth-order valence-electron chi connectivity index (χ4n) is 2.60. The summed E-state index contributed by atoms with van der Waals surface area (Å²) >= 11 is 0. The van der Waals surface area contributed by atoms with Crippen molar-refractivity contribution in [3.05, 3.63) is 94.0 Å². The topological polar surface area (TPSA) is 118 Å². The highest BCUT2D eigenvalue weighted by molar-refractivity contribution is 5.86. The number of hydrogen-bond donors (Lipinski definition) is 1. The Morgan fingerprint density at radius 3 is 2.33 bits per heavy atom. The molecular formula is C22H16N4O4. The fourth-order valence-corrected chi connectivity index (χ4v) is 2.60. The number of carbonyl (C=O) groups excluding carboxylic acids is 1. The van der Waals surface area contributed by atoms with Crippen molar-refractivity contribution < 1.29 is 14.5 Å². The van der Waals surface area contributed by atoms with Crippen molar-refractivity contribution in [2.45, 2.75) is 0 Å². The van der Waals surface area contributed by atoms with Gasteiger partial charge in [0.05, 0.1) is 28.3 Å². The number of nitrogens with zero attached hydrogens (tertiary/aromatic N) is 3.